The molecule has 12 aromatic rings. The summed E-state index contributed by atoms with van der Waals surface area (Å²) >= 11 is 0. The number of fused-ring (bicyclic) bond motifs is 11. The summed E-state index contributed by atoms with van der Waals surface area (Å²) in [5.74, 6) is 2.64. The van der Waals surface area contributed by atoms with Crippen LogP contribution in [-0.2, 0) is 31.9 Å². The van der Waals surface area contributed by atoms with Gasteiger partial charge in [0.25, 0.3) is 0 Å². The number of pyridine rings is 2. The molecule has 0 bridgehead atoms. The SMILES string of the molecule is Cc1cccc2c1nc1n(-c3cc4c(cn3)c3ccccc3n4-c3ccccc3)c3[c-]c(Oc4[c-]c5c(cc4)c4cccc6c4n4c(cnc54)C(C)(C)C6(C)C)ccc3n21.[Pt+2]. The number of nitrogens with zero attached hydrogens (tertiary/aromatic N) is 7. The summed E-state index contributed by atoms with van der Waals surface area (Å²) in [5, 5.41) is 5.44. The van der Waals surface area contributed by atoms with Gasteiger partial charge in [-0.15, -0.1) is 30.3 Å². The van der Waals surface area contributed by atoms with E-state index in [0.717, 1.165) is 83.1 Å². The van der Waals surface area contributed by atoms with Gasteiger partial charge >= 0.3 is 21.1 Å². The molecule has 6 aromatic carbocycles. The second kappa shape index (κ2) is 12.4. The summed E-state index contributed by atoms with van der Waals surface area (Å²) in [6, 6.07) is 49.7. The molecule has 0 fully saturated rings. The van der Waals surface area contributed by atoms with E-state index in [2.05, 4.69) is 180 Å². The van der Waals surface area contributed by atoms with Crippen molar-refractivity contribution in [2.24, 2.45) is 0 Å². The van der Waals surface area contributed by atoms with Crippen molar-refractivity contribution in [3.8, 4) is 23.0 Å². The Balaban J connectivity index is 0.00000399. The van der Waals surface area contributed by atoms with Crippen LogP contribution in [0.2, 0.25) is 0 Å². The van der Waals surface area contributed by atoms with Crippen molar-refractivity contribution < 1.29 is 25.8 Å². The zero-order chi connectivity index (χ0) is 40.2. The van der Waals surface area contributed by atoms with Crippen LogP contribution in [-0.4, -0.2) is 32.9 Å². The van der Waals surface area contributed by atoms with Crippen LogP contribution < -0.4 is 4.74 Å². The zero-order valence-corrected chi connectivity index (χ0v) is 36.3. The van der Waals surface area contributed by atoms with Crippen molar-refractivity contribution in [3.05, 3.63) is 163 Å². The van der Waals surface area contributed by atoms with Crippen molar-refractivity contribution in [1.29, 1.82) is 0 Å². The van der Waals surface area contributed by atoms with E-state index >= 15 is 0 Å². The first-order chi connectivity index (χ1) is 29.2. The molecule has 6 aromatic heterocycles. The fourth-order valence-electron chi connectivity index (χ4n) is 10.0. The molecule has 1 aliphatic heterocycles. The van der Waals surface area contributed by atoms with Gasteiger partial charge in [-0.3, -0.25) is 9.55 Å². The van der Waals surface area contributed by atoms with Gasteiger partial charge < -0.3 is 18.1 Å². The number of benzene rings is 6. The number of aromatic nitrogens is 7. The van der Waals surface area contributed by atoms with E-state index in [-0.39, 0.29) is 31.9 Å². The molecular weight excluding hydrogens is 934 g/mol. The number of hydrogen-bond acceptors (Lipinski definition) is 4. The minimum absolute atomic E-state index is 0. The van der Waals surface area contributed by atoms with Crippen LogP contribution in [0.4, 0.5) is 0 Å². The first-order valence-corrected chi connectivity index (χ1v) is 20.5. The maximum Gasteiger partial charge on any atom is 2.00 e. The second-order valence-electron chi connectivity index (χ2n) is 17.3. The predicted octanol–water partition coefficient (Wildman–Crippen LogP) is 12.1. The Hall–Kier alpha value is -6.76. The monoisotopic (exact) mass is 970 g/mol. The van der Waals surface area contributed by atoms with Crippen LogP contribution in [0.1, 0.15) is 44.5 Å². The van der Waals surface area contributed by atoms with Crippen LogP contribution >= 0.6 is 0 Å². The predicted molar refractivity (Wildman–Crippen MR) is 240 cm³/mol. The molecule has 7 heterocycles. The zero-order valence-electron chi connectivity index (χ0n) is 34.1. The molecule has 0 N–H and O–H groups in total. The van der Waals surface area contributed by atoms with E-state index < -0.39 is 0 Å². The fraction of sp³-hybridized carbons (Fsp3) is 0.135. The quantitative estimate of drug-likeness (QED) is 0.130. The van der Waals surface area contributed by atoms with Gasteiger partial charge in [0.15, 0.2) is 0 Å². The van der Waals surface area contributed by atoms with Crippen LogP contribution in [0.25, 0.3) is 88.5 Å². The van der Waals surface area contributed by atoms with E-state index in [0.29, 0.717) is 11.5 Å². The number of imidazole rings is 3. The maximum absolute atomic E-state index is 6.72. The Morgan fingerprint density at radius 2 is 1.34 bits per heavy atom. The third-order valence-electron chi connectivity index (χ3n) is 13.7. The number of rotatable bonds is 4. The molecule has 0 amide bonds. The largest absolute Gasteiger partial charge is 2.00 e. The van der Waals surface area contributed by atoms with E-state index in [1.54, 1.807) is 0 Å². The Morgan fingerprint density at radius 1 is 0.590 bits per heavy atom. The van der Waals surface area contributed by atoms with Crippen LogP contribution in [0.15, 0.2) is 134 Å². The smallest absolute Gasteiger partial charge is 0.503 e. The molecular formula is C52H37N7OPt. The van der Waals surface area contributed by atoms with Gasteiger partial charge in [-0.2, -0.15) is 0 Å². The number of aryl methyl sites for hydroxylation is 1. The van der Waals surface area contributed by atoms with Gasteiger partial charge in [-0.25, -0.2) is 9.97 Å². The molecule has 1 aliphatic rings. The van der Waals surface area contributed by atoms with Crippen molar-refractivity contribution in [3.63, 3.8) is 0 Å². The normalized spacial score (nSPS) is 14.4. The summed E-state index contributed by atoms with van der Waals surface area (Å²) in [6.45, 7) is 11.5. The Kier molecular flexibility index (Phi) is 7.34. The van der Waals surface area contributed by atoms with Gasteiger partial charge in [-0.05, 0) is 58.7 Å². The molecule has 0 spiro atoms. The van der Waals surface area contributed by atoms with E-state index in [4.69, 9.17) is 19.7 Å². The Morgan fingerprint density at radius 3 is 2.21 bits per heavy atom. The topological polar surface area (TPSA) is 66.6 Å². The van der Waals surface area contributed by atoms with Crippen molar-refractivity contribution in [2.75, 3.05) is 0 Å². The molecule has 8 nitrogen and oxygen atoms in total. The maximum atomic E-state index is 6.72. The minimum atomic E-state index is -0.143. The first kappa shape index (κ1) is 36.1. The molecule has 0 aliphatic carbocycles. The van der Waals surface area contributed by atoms with Gasteiger partial charge in [0.05, 0.1) is 27.7 Å². The number of hydrogen-bond donors (Lipinski definition) is 0. The van der Waals surface area contributed by atoms with E-state index in [9.17, 15) is 0 Å². The van der Waals surface area contributed by atoms with Gasteiger partial charge in [0.2, 0.25) is 5.78 Å². The Bertz CT molecular complexity index is 3830. The van der Waals surface area contributed by atoms with Crippen molar-refractivity contribution >= 4 is 77.0 Å². The average Bonchev–Trinajstić information content (AvgIpc) is 4.03. The van der Waals surface area contributed by atoms with Crippen LogP contribution in [0.3, 0.4) is 0 Å². The second-order valence-corrected chi connectivity index (χ2v) is 17.3. The fourth-order valence-corrected chi connectivity index (χ4v) is 10.0. The van der Waals surface area contributed by atoms with Crippen LogP contribution in [0, 0.1) is 19.1 Å². The van der Waals surface area contributed by atoms with E-state index in [1.165, 1.54) is 22.2 Å². The summed E-state index contributed by atoms with van der Waals surface area (Å²) in [7, 11) is 0. The van der Waals surface area contributed by atoms with Gasteiger partial charge in [-0.1, -0.05) is 111 Å². The van der Waals surface area contributed by atoms with E-state index in [1.807, 2.05) is 18.3 Å². The molecule has 0 radical (unpaired) electrons. The van der Waals surface area contributed by atoms with Gasteiger partial charge in [0.1, 0.15) is 5.82 Å². The molecule has 0 saturated carbocycles. The van der Waals surface area contributed by atoms with Crippen molar-refractivity contribution in [2.45, 2.75) is 45.4 Å². The standard InChI is InChI=1S/C52H37N7O.Pt/c1-30-13-11-20-42-47(30)55-50-57(42)41-24-22-33(26-44(41)58(50)46-27-43-38(28-53-46)35-16-9-10-19-40(35)56(43)31-14-7-6-8-15-31)60-32-21-23-34-36-17-12-18-39-48(36)59-45(52(4,5)51(39,2)3)29-54-49(59)37(34)25-32;/h6-24,27-29H,1-5H3;/q-2;+2. The Labute approximate surface area is 364 Å². The van der Waals surface area contributed by atoms with Crippen molar-refractivity contribution in [1.82, 2.24) is 32.9 Å². The summed E-state index contributed by atoms with van der Waals surface area (Å²) < 4.78 is 15.7. The molecule has 0 saturated heterocycles. The summed E-state index contributed by atoms with van der Waals surface area (Å²) in [4.78, 5) is 15.5. The number of ether oxygens (including phenoxy) is 1. The number of para-hydroxylation sites is 4. The molecule has 0 unspecified atom stereocenters. The third kappa shape index (κ3) is 4.66. The summed E-state index contributed by atoms with van der Waals surface area (Å²) in [6.07, 6.45) is 4.04. The molecule has 61 heavy (non-hydrogen) atoms. The molecule has 0 atom stereocenters. The molecule has 13 rings (SSSR count). The molecule has 9 heteroatoms. The summed E-state index contributed by atoms with van der Waals surface area (Å²) in [5.41, 5.74) is 12.5. The first-order valence-electron chi connectivity index (χ1n) is 20.5. The molecule has 296 valence electrons. The van der Waals surface area contributed by atoms with Crippen LogP contribution in [0.5, 0.6) is 11.5 Å². The average molecular weight is 971 g/mol. The minimum Gasteiger partial charge on any atom is -0.503 e. The third-order valence-corrected chi connectivity index (χ3v) is 13.7. The van der Waals surface area contributed by atoms with Gasteiger partial charge in [0, 0.05) is 68.5 Å².